The standard InChI is InChI=1S/C25H35N3O3S/c1-20(2)22-9-11-23(12-10-22)28(32(30,31)24-13-7-21(3)8-14-24)19-25(29)26-15-6-18-27-16-4-5-17-27/h7-14,20H,4-6,15-19H2,1-3H3,(H,26,29). The molecule has 1 amide bonds. The van der Waals surface area contributed by atoms with Crippen molar-refractivity contribution in [3.05, 3.63) is 59.7 Å². The van der Waals surface area contributed by atoms with Crippen LogP contribution in [0.3, 0.4) is 0 Å². The normalized spacial score (nSPS) is 14.6. The van der Waals surface area contributed by atoms with Crippen molar-refractivity contribution in [3.63, 3.8) is 0 Å². The summed E-state index contributed by atoms with van der Waals surface area (Å²) in [5.74, 6) is 0.0418. The molecule has 0 atom stereocenters. The van der Waals surface area contributed by atoms with Crippen LogP contribution in [-0.4, -0.2) is 51.9 Å². The molecule has 1 heterocycles. The summed E-state index contributed by atoms with van der Waals surface area (Å²) in [4.78, 5) is 15.3. The van der Waals surface area contributed by atoms with Crippen molar-refractivity contribution < 1.29 is 13.2 Å². The van der Waals surface area contributed by atoms with Crippen molar-refractivity contribution in [2.45, 2.75) is 50.8 Å². The van der Waals surface area contributed by atoms with E-state index in [0.29, 0.717) is 18.2 Å². The number of carbonyl (C=O) groups excluding carboxylic acids is 1. The van der Waals surface area contributed by atoms with Gasteiger partial charge in [0.05, 0.1) is 10.6 Å². The average Bonchev–Trinajstić information content (AvgIpc) is 3.29. The van der Waals surface area contributed by atoms with Gasteiger partial charge in [-0.2, -0.15) is 0 Å². The van der Waals surface area contributed by atoms with Crippen LogP contribution in [-0.2, 0) is 14.8 Å². The average molecular weight is 458 g/mol. The third-order valence-corrected chi connectivity index (χ3v) is 7.70. The van der Waals surface area contributed by atoms with Crippen LogP contribution in [0.4, 0.5) is 5.69 Å². The highest BCUT2D eigenvalue weighted by atomic mass is 32.2. The van der Waals surface area contributed by atoms with E-state index in [1.54, 1.807) is 36.4 Å². The molecule has 2 aromatic carbocycles. The topological polar surface area (TPSA) is 69.7 Å². The Balaban J connectivity index is 1.73. The summed E-state index contributed by atoms with van der Waals surface area (Å²) in [5.41, 5.74) is 2.59. The van der Waals surface area contributed by atoms with Crippen molar-refractivity contribution in [1.82, 2.24) is 10.2 Å². The van der Waals surface area contributed by atoms with Crippen LogP contribution in [0.2, 0.25) is 0 Å². The Morgan fingerprint density at radius 2 is 1.66 bits per heavy atom. The molecular formula is C25H35N3O3S. The van der Waals surface area contributed by atoms with E-state index in [9.17, 15) is 13.2 Å². The van der Waals surface area contributed by atoms with Gasteiger partial charge in [0, 0.05) is 6.54 Å². The molecule has 0 radical (unpaired) electrons. The molecule has 1 aliphatic heterocycles. The second kappa shape index (κ2) is 11.0. The Hall–Kier alpha value is -2.38. The molecule has 0 aromatic heterocycles. The van der Waals surface area contributed by atoms with Gasteiger partial charge in [-0.3, -0.25) is 9.10 Å². The smallest absolute Gasteiger partial charge is 0.264 e. The van der Waals surface area contributed by atoms with Crippen LogP contribution in [0.1, 0.15) is 50.2 Å². The summed E-state index contributed by atoms with van der Waals surface area (Å²) < 4.78 is 28.1. The fraction of sp³-hybridized carbons (Fsp3) is 0.480. The van der Waals surface area contributed by atoms with Gasteiger partial charge in [-0.05, 0) is 81.6 Å². The minimum atomic E-state index is -3.88. The van der Waals surface area contributed by atoms with Crippen LogP contribution in [0.5, 0.6) is 0 Å². The Morgan fingerprint density at radius 1 is 1.03 bits per heavy atom. The molecule has 0 unspecified atom stereocenters. The number of hydrogen-bond donors (Lipinski definition) is 1. The number of anilines is 1. The third-order valence-electron chi connectivity index (χ3n) is 5.92. The maximum absolute atomic E-state index is 13.4. The van der Waals surface area contributed by atoms with Crippen molar-refractivity contribution in [2.75, 3.05) is 37.0 Å². The van der Waals surface area contributed by atoms with Gasteiger partial charge in [-0.25, -0.2) is 8.42 Å². The largest absolute Gasteiger partial charge is 0.354 e. The summed E-state index contributed by atoms with van der Waals surface area (Å²) in [7, 11) is -3.88. The van der Waals surface area contributed by atoms with Crippen molar-refractivity contribution >= 4 is 21.6 Å². The van der Waals surface area contributed by atoms with Gasteiger partial charge in [0.15, 0.2) is 0 Å². The molecular weight excluding hydrogens is 422 g/mol. The first kappa shape index (κ1) is 24.3. The molecule has 32 heavy (non-hydrogen) atoms. The Labute approximate surface area is 192 Å². The van der Waals surface area contributed by atoms with E-state index < -0.39 is 10.0 Å². The van der Waals surface area contributed by atoms with Gasteiger partial charge in [-0.15, -0.1) is 0 Å². The highest BCUT2D eigenvalue weighted by Gasteiger charge is 2.27. The third kappa shape index (κ3) is 6.33. The second-order valence-corrected chi connectivity index (χ2v) is 10.7. The molecule has 0 aliphatic carbocycles. The minimum Gasteiger partial charge on any atom is -0.354 e. The predicted molar refractivity (Wildman–Crippen MR) is 130 cm³/mol. The molecule has 3 rings (SSSR count). The Bertz CT molecular complexity index is 980. The lowest BCUT2D eigenvalue weighted by molar-refractivity contribution is -0.119. The molecule has 2 aromatic rings. The van der Waals surface area contributed by atoms with Gasteiger partial charge in [0.1, 0.15) is 6.54 Å². The van der Waals surface area contributed by atoms with Crippen molar-refractivity contribution in [1.29, 1.82) is 0 Å². The van der Waals surface area contributed by atoms with E-state index in [4.69, 9.17) is 0 Å². The summed E-state index contributed by atoms with van der Waals surface area (Å²) in [6.45, 7) is 9.60. The lowest BCUT2D eigenvalue weighted by Gasteiger charge is -2.25. The number of nitrogens with one attached hydrogen (secondary N) is 1. The van der Waals surface area contributed by atoms with Gasteiger partial charge >= 0.3 is 0 Å². The van der Waals surface area contributed by atoms with E-state index in [2.05, 4.69) is 24.1 Å². The molecule has 1 N–H and O–H groups in total. The molecule has 0 bridgehead atoms. The first-order valence-corrected chi connectivity index (χ1v) is 12.9. The number of nitrogens with zero attached hydrogens (tertiary/aromatic N) is 2. The van der Waals surface area contributed by atoms with Crippen LogP contribution in [0.25, 0.3) is 0 Å². The molecule has 1 fully saturated rings. The summed E-state index contributed by atoms with van der Waals surface area (Å²) >= 11 is 0. The summed E-state index contributed by atoms with van der Waals surface area (Å²) in [6.07, 6.45) is 3.35. The SMILES string of the molecule is Cc1ccc(S(=O)(=O)N(CC(=O)NCCCN2CCCC2)c2ccc(C(C)C)cc2)cc1. The van der Waals surface area contributed by atoms with Crippen LogP contribution in [0, 0.1) is 6.92 Å². The zero-order chi connectivity index (χ0) is 23.1. The summed E-state index contributed by atoms with van der Waals surface area (Å²) in [5, 5.41) is 2.90. The number of aryl methyl sites for hydroxylation is 1. The van der Waals surface area contributed by atoms with E-state index in [1.165, 1.54) is 17.1 Å². The number of benzene rings is 2. The first-order chi connectivity index (χ1) is 15.3. The Kier molecular flexibility index (Phi) is 8.32. The highest BCUT2D eigenvalue weighted by molar-refractivity contribution is 7.92. The molecule has 1 aliphatic rings. The van der Waals surface area contributed by atoms with E-state index in [0.717, 1.165) is 37.2 Å². The fourth-order valence-electron chi connectivity index (χ4n) is 3.90. The van der Waals surface area contributed by atoms with Crippen molar-refractivity contribution in [2.24, 2.45) is 0 Å². The molecule has 6 nitrogen and oxygen atoms in total. The summed E-state index contributed by atoms with van der Waals surface area (Å²) in [6, 6.07) is 14.1. The fourth-order valence-corrected chi connectivity index (χ4v) is 5.32. The van der Waals surface area contributed by atoms with Crippen LogP contribution >= 0.6 is 0 Å². The van der Waals surface area contributed by atoms with E-state index >= 15 is 0 Å². The number of carbonyl (C=O) groups is 1. The van der Waals surface area contributed by atoms with Crippen LogP contribution < -0.4 is 9.62 Å². The van der Waals surface area contributed by atoms with Gasteiger partial charge in [-0.1, -0.05) is 43.7 Å². The van der Waals surface area contributed by atoms with Crippen LogP contribution in [0.15, 0.2) is 53.4 Å². The molecule has 0 spiro atoms. The van der Waals surface area contributed by atoms with Gasteiger partial charge in [0.25, 0.3) is 10.0 Å². The molecule has 0 saturated carbocycles. The molecule has 1 saturated heterocycles. The highest BCUT2D eigenvalue weighted by Crippen LogP contribution is 2.26. The molecule has 174 valence electrons. The predicted octanol–water partition coefficient (Wildman–Crippen LogP) is 3.92. The second-order valence-electron chi connectivity index (χ2n) is 8.82. The molecule has 7 heteroatoms. The maximum atomic E-state index is 13.4. The van der Waals surface area contributed by atoms with E-state index in [1.807, 2.05) is 19.1 Å². The number of likely N-dealkylation sites (tertiary alicyclic amines) is 1. The quantitative estimate of drug-likeness (QED) is 0.549. The number of rotatable bonds is 10. The van der Waals surface area contributed by atoms with Crippen molar-refractivity contribution in [3.8, 4) is 0 Å². The van der Waals surface area contributed by atoms with Gasteiger partial charge < -0.3 is 10.2 Å². The monoisotopic (exact) mass is 457 g/mol. The Morgan fingerprint density at radius 3 is 2.25 bits per heavy atom. The number of hydrogen-bond acceptors (Lipinski definition) is 4. The lowest BCUT2D eigenvalue weighted by atomic mass is 10.0. The first-order valence-electron chi connectivity index (χ1n) is 11.5. The zero-order valence-corrected chi connectivity index (χ0v) is 20.2. The minimum absolute atomic E-state index is 0.179. The maximum Gasteiger partial charge on any atom is 0.264 e. The lowest BCUT2D eigenvalue weighted by Crippen LogP contribution is -2.41. The number of amides is 1. The zero-order valence-electron chi connectivity index (χ0n) is 19.4. The van der Waals surface area contributed by atoms with E-state index in [-0.39, 0.29) is 17.3 Å². The van der Waals surface area contributed by atoms with Gasteiger partial charge in [0.2, 0.25) is 5.91 Å². The number of sulfonamides is 1.